The van der Waals surface area contributed by atoms with Crippen molar-refractivity contribution in [2.75, 3.05) is 30.8 Å². The Morgan fingerprint density at radius 1 is 1.33 bits per heavy atom. The van der Waals surface area contributed by atoms with Crippen LogP contribution in [0.1, 0.15) is 25.1 Å². The van der Waals surface area contributed by atoms with E-state index in [1.165, 1.54) is 12.0 Å². The first-order valence-corrected chi connectivity index (χ1v) is 7.84. The third-order valence-electron chi connectivity index (χ3n) is 2.95. The van der Waals surface area contributed by atoms with Gasteiger partial charge in [-0.1, -0.05) is 13.8 Å². The molecule has 6 nitrogen and oxygen atoms in total. The fraction of sp³-hybridized carbons (Fsp3) is 0.500. The molecular weight excluding hydrogens is 288 g/mol. The van der Waals surface area contributed by atoms with Crippen LogP contribution in [0.15, 0.2) is 6.07 Å². The van der Waals surface area contributed by atoms with E-state index in [0.29, 0.717) is 11.8 Å². The molecule has 0 amide bonds. The molecule has 0 saturated heterocycles. The van der Waals surface area contributed by atoms with Crippen LogP contribution in [0.4, 0.5) is 11.8 Å². The number of fused-ring (bicyclic) bond motifs is 1. The fourth-order valence-electron chi connectivity index (χ4n) is 1.82. The number of nitrogens with zero attached hydrogens (tertiary/aromatic N) is 2. The van der Waals surface area contributed by atoms with E-state index in [9.17, 15) is 4.79 Å². The van der Waals surface area contributed by atoms with Gasteiger partial charge in [0.15, 0.2) is 0 Å². The van der Waals surface area contributed by atoms with Crippen molar-refractivity contribution in [2.45, 2.75) is 26.7 Å². The number of anilines is 2. The van der Waals surface area contributed by atoms with E-state index in [1.54, 1.807) is 11.3 Å². The third kappa shape index (κ3) is 3.81. The van der Waals surface area contributed by atoms with Crippen molar-refractivity contribution in [3.05, 3.63) is 10.9 Å². The number of aromatic nitrogens is 2. The van der Waals surface area contributed by atoms with E-state index in [1.807, 2.05) is 0 Å². The molecule has 7 heteroatoms. The highest BCUT2D eigenvalue weighted by molar-refractivity contribution is 7.18. The minimum atomic E-state index is -0.323. The maximum Gasteiger partial charge on any atom is 0.325 e. The topological polar surface area (TPSA) is 76.1 Å². The number of methoxy groups -OCH3 is 1. The van der Waals surface area contributed by atoms with Crippen LogP contribution < -0.4 is 10.6 Å². The summed E-state index contributed by atoms with van der Waals surface area (Å²) in [7, 11) is 1.37. The molecule has 2 heterocycles. The molecule has 0 aromatic carbocycles. The monoisotopic (exact) mass is 308 g/mol. The lowest BCUT2D eigenvalue weighted by atomic mass is 10.3. The molecule has 0 aliphatic carbocycles. The lowest BCUT2D eigenvalue weighted by Gasteiger charge is -2.08. The van der Waals surface area contributed by atoms with Crippen LogP contribution >= 0.6 is 11.3 Å². The lowest BCUT2D eigenvalue weighted by molar-refractivity contribution is -0.138. The molecule has 0 bridgehead atoms. The van der Waals surface area contributed by atoms with Crippen molar-refractivity contribution in [2.24, 2.45) is 0 Å². The van der Waals surface area contributed by atoms with Crippen molar-refractivity contribution in [3.8, 4) is 0 Å². The van der Waals surface area contributed by atoms with E-state index < -0.39 is 0 Å². The molecule has 114 valence electrons. The van der Waals surface area contributed by atoms with E-state index in [2.05, 4.69) is 45.3 Å². The number of carbonyl (C=O) groups is 1. The maximum absolute atomic E-state index is 11.3. The van der Waals surface area contributed by atoms with Gasteiger partial charge in [-0.05, 0) is 18.9 Å². The molecule has 2 aromatic rings. The molecule has 0 unspecified atom stereocenters. The second kappa shape index (κ2) is 7.21. The van der Waals surface area contributed by atoms with Gasteiger partial charge >= 0.3 is 5.97 Å². The second-order valence-electron chi connectivity index (χ2n) is 4.54. The molecule has 0 radical (unpaired) electrons. The quantitative estimate of drug-likeness (QED) is 0.766. The largest absolute Gasteiger partial charge is 0.468 e. The zero-order valence-corrected chi connectivity index (χ0v) is 13.3. The summed E-state index contributed by atoms with van der Waals surface area (Å²) >= 11 is 1.65. The number of esters is 1. The zero-order valence-electron chi connectivity index (χ0n) is 12.5. The summed E-state index contributed by atoms with van der Waals surface area (Å²) in [4.78, 5) is 22.5. The Hall–Kier alpha value is -1.89. The van der Waals surface area contributed by atoms with Crippen LogP contribution in [0.2, 0.25) is 0 Å². The van der Waals surface area contributed by atoms with E-state index in [0.717, 1.165) is 29.6 Å². The Bertz CT molecular complexity index is 627. The predicted molar refractivity (Wildman–Crippen MR) is 86.1 cm³/mol. The molecule has 21 heavy (non-hydrogen) atoms. The Balaban J connectivity index is 2.33. The molecule has 0 saturated carbocycles. The Morgan fingerprint density at radius 3 is 2.81 bits per heavy atom. The first-order valence-electron chi connectivity index (χ1n) is 7.02. The Kier molecular flexibility index (Phi) is 5.32. The normalized spacial score (nSPS) is 10.6. The number of aryl methyl sites for hydroxylation is 1. The van der Waals surface area contributed by atoms with Gasteiger partial charge in [-0.3, -0.25) is 4.79 Å². The van der Waals surface area contributed by atoms with Crippen molar-refractivity contribution < 1.29 is 9.53 Å². The van der Waals surface area contributed by atoms with Crippen LogP contribution in [0.25, 0.3) is 10.2 Å². The molecule has 0 fully saturated rings. The predicted octanol–water partition coefficient (Wildman–Crippen LogP) is 2.66. The summed E-state index contributed by atoms with van der Waals surface area (Å²) < 4.78 is 4.65. The van der Waals surface area contributed by atoms with Crippen molar-refractivity contribution in [3.63, 3.8) is 0 Å². The van der Waals surface area contributed by atoms with E-state index >= 15 is 0 Å². The highest BCUT2D eigenvalue weighted by Crippen LogP contribution is 2.30. The third-order valence-corrected chi connectivity index (χ3v) is 4.13. The number of hydrogen-bond acceptors (Lipinski definition) is 7. The minimum Gasteiger partial charge on any atom is -0.468 e. The molecule has 2 aromatic heterocycles. The van der Waals surface area contributed by atoms with Gasteiger partial charge < -0.3 is 15.4 Å². The molecule has 0 atom stereocenters. The number of hydrogen-bond donors (Lipinski definition) is 2. The van der Waals surface area contributed by atoms with Crippen molar-refractivity contribution >= 4 is 39.3 Å². The van der Waals surface area contributed by atoms with Crippen molar-refractivity contribution in [1.29, 1.82) is 0 Å². The smallest absolute Gasteiger partial charge is 0.325 e. The van der Waals surface area contributed by atoms with E-state index in [-0.39, 0.29) is 12.5 Å². The number of carbonyl (C=O) groups excluding carboxylic acids is 1. The summed E-state index contributed by atoms with van der Waals surface area (Å²) in [5.74, 6) is 0.928. The summed E-state index contributed by atoms with van der Waals surface area (Å²) in [6.07, 6.45) is 1.95. The molecule has 0 spiro atoms. The maximum atomic E-state index is 11.3. The number of rotatable bonds is 7. The van der Waals surface area contributed by atoms with Gasteiger partial charge in [0.2, 0.25) is 5.95 Å². The number of thiophene rings is 1. The first-order chi connectivity index (χ1) is 10.2. The molecular formula is C14H20N4O2S. The molecule has 0 aliphatic rings. The van der Waals surface area contributed by atoms with Crippen LogP contribution in [-0.2, 0) is 16.0 Å². The van der Waals surface area contributed by atoms with Crippen LogP contribution in [0.3, 0.4) is 0 Å². The second-order valence-corrected chi connectivity index (χ2v) is 5.65. The lowest BCUT2D eigenvalue weighted by Crippen LogP contribution is -2.16. The number of ether oxygens (including phenoxy) is 1. The van der Waals surface area contributed by atoms with Gasteiger partial charge in [0.05, 0.1) is 12.5 Å². The highest BCUT2D eigenvalue weighted by atomic mass is 32.1. The van der Waals surface area contributed by atoms with Gasteiger partial charge in [-0.15, -0.1) is 11.3 Å². The molecule has 2 rings (SSSR count). The van der Waals surface area contributed by atoms with Gasteiger partial charge in [0, 0.05) is 11.4 Å². The van der Waals surface area contributed by atoms with Gasteiger partial charge in [0.1, 0.15) is 17.2 Å². The average Bonchev–Trinajstić information content (AvgIpc) is 2.93. The zero-order chi connectivity index (χ0) is 15.2. The standard InChI is InChI=1S/C14H20N4O2S/c1-4-6-15-14-17-12(16-8-11(19)20-3)10-7-9(5-2)21-13(10)18-14/h7H,4-6,8H2,1-3H3,(H2,15,16,17,18). The Labute approximate surface area is 127 Å². The van der Waals surface area contributed by atoms with Crippen LogP contribution in [0, 0.1) is 0 Å². The van der Waals surface area contributed by atoms with Crippen LogP contribution in [0.5, 0.6) is 0 Å². The fourth-order valence-corrected chi connectivity index (χ4v) is 2.79. The highest BCUT2D eigenvalue weighted by Gasteiger charge is 2.12. The Morgan fingerprint density at radius 2 is 2.14 bits per heavy atom. The number of nitrogens with one attached hydrogen (secondary N) is 2. The van der Waals surface area contributed by atoms with Crippen LogP contribution in [-0.4, -0.2) is 36.1 Å². The summed E-state index contributed by atoms with van der Waals surface area (Å²) in [6, 6.07) is 2.07. The molecule has 0 aliphatic heterocycles. The van der Waals surface area contributed by atoms with Gasteiger partial charge in [0.25, 0.3) is 0 Å². The summed E-state index contributed by atoms with van der Waals surface area (Å²) in [5.41, 5.74) is 0. The minimum absolute atomic E-state index is 0.0904. The summed E-state index contributed by atoms with van der Waals surface area (Å²) in [6.45, 7) is 5.10. The SMILES string of the molecule is CCCNc1nc(NCC(=O)OC)c2cc(CC)sc2n1. The molecule has 2 N–H and O–H groups in total. The first kappa shape index (κ1) is 15.5. The van der Waals surface area contributed by atoms with Gasteiger partial charge in [-0.2, -0.15) is 4.98 Å². The van der Waals surface area contributed by atoms with E-state index in [4.69, 9.17) is 0 Å². The van der Waals surface area contributed by atoms with Gasteiger partial charge in [-0.25, -0.2) is 4.98 Å². The van der Waals surface area contributed by atoms with Crippen molar-refractivity contribution in [1.82, 2.24) is 9.97 Å². The summed E-state index contributed by atoms with van der Waals surface area (Å²) in [5, 5.41) is 7.16. The average molecular weight is 308 g/mol.